The van der Waals surface area contributed by atoms with Crippen LogP contribution in [0.4, 0.5) is 0 Å². The fraction of sp³-hybridized carbons (Fsp3) is 0.600. The minimum absolute atomic E-state index is 0. The van der Waals surface area contributed by atoms with Gasteiger partial charge in [0.25, 0.3) is 0 Å². The number of hydrogen-bond donors (Lipinski definition) is 1. The molecule has 2 aromatic rings. The highest BCUT2D eigenvalue weighted by Crippen LogP contribution is 2.38. The highest BCUT2D eigenvalue weighted by molar-refractivity contribution is 7.20. The molecule has 0 unspecified atom stereocenters. The summed E-state index contributed by atoms with van der Waals surface area (Å²) in [6, 6.07) is 12.3. The first-order valence-electron chi connectivity index (χ1n) is 18.3. The van der Waals surface area contributed by atoms with E-state index in [0.29, 0.717) is 27.3 Å². The minimum atomic E-state index is -3.10. The second-order valence-electron chi connectivity index (χ2n) is 13.0. The maximum atomic E-state index is 11.4. The highest BCUT2D eigenvalue weighted by atomic mass is 35.6. The van der Waals surface area contributed by atoms with Crippen molar-refractivity contribution in [2.24, 2.45) is 0 Å². The zero-order valence-corrected chi connectivity index (χ0v) is 31.5. The Labute approximate surface area is 297 Å². The summed E-state index contributed by atoms with van der Waals surface area (Å²) in [5, 5.41) is 9.02. The third kappa shape index (κ3) is 18.3. The van der Waals surface area contributed by atoms with Crippen molar-refractivity contribution in [1.82, 2.24) is 0 Å². The van der Waals surface area contributed by atoms with Crippen LogP contribution in [0.15, 0.2) is 48.5 Å². The standard InChI is InChI=1S/C17H28O4Si.C11H14O4.C6H15ClSi.CH4/c1-17(2,3)22(5,6)21-12-11-20-13-14-7-9-15(10-8-14)16(18)19-4;1-14-11(13)10-4-2-9(3-5-10)8-15-7-6-12;1-6(2,3)8(4,5)7;/h7-10H,11-13H2,1-6H3;2-5,12H,6-8H2,1H3;1-5H3;1H4/i11D2,12D2;6D2,7D2;;. The average Bonchev–Trinajstić information content (AvgIpc) is 3.00. The van der Waals surface area contributed by atoms with Gasteiger partial charge in [0.1, 0.15) is 0 Å². The van der Waals surface area contributed by atoms with Crippen molar-refractivity contribution >= 4 is 38.7 Å². The van der Waals surface area contributed by atoms with Gasteiger partial charge in [0, 0.05) is 0 Å². The van der Waals surface area contributed by atoms with Crippen molar-refractivity contribution in [3.63, 3.8) is 0 Å². The van der Waals surface area contributed by atoms with Crippen LogP contribution in [0, 0.1) is 0 Å². The Morgan fingerprint density at radius 2 is 1.07 bits per heavy atom. The van der Waals surface area contributed by atoms with Gasteiger partial charge in [0.15, 0.2) is 15.7 Å². The first kappa shape index (κ1) is 32.5. The van der Waals surface area contributed by atoms with Gasteiger partial charge < -0.3 is 28.5 Å². The van der Waals surface area contributed by atoms with Crippen LogP contribution in [-0.2, 0) is 36.6 Å². The van der Waals surface area contributed by atoms with Crippen molar-refractivity contribution in [3.8, 4) is 0 Å². The third-order valence-corrected chi connectivity index (χ3v) is 16.8. The number of ether oxygens (including phenoxy) is 4. The number of halogens is 1. The van der Waals surface area contributed by atoms with Gasteiger partial charge in [0.05, 0.1) is 75.8 Å². The summed E-state index contributed by atoms with van der Waals surface area (Å²) < 4.78 is 85.0. The highest BCUT2D eigenvalue weighted by Gasteiger charge is 2.36. The number of methoxy groups -OCH3 is 2. The molecule has 2 aromatic carbocycles. The molecule has 0 radical (unpaired) electrons. The Balaban J connectivity index is 0. The molecule has 11 heteroatoms. The van der Waals surface area contributed by atoms with Gasteiger partial charge in [0.2, 0.25) is 0 Å². The lowest BCUT2D eigenvalue weighted by molar-refractivity contribution is 0.0591. The summed E-state index contributed by atoms with van der Waals surface area (Å²) in [4.78, 5) is 22.6. The first-order chi connectivity index (χ1) is 23.5. The molecule has 0 aliphatic rings. The van der Waals surface area contributed by atoms with E-state index in [2.05, 4.69) is 43.3 Å². The zero-order chi connectivity index (χ0) is 42.1. The SMILES string of the molecule is C.CC(C)(C)[Si](C)(C)Cl.[2H]C([2H])(O)C([2H])([2H])OCc1ccc(C(=O)OC)cc1.[2H]C([2H])(OCc1ccc(C(=O)OC)cc1)C([2H])([2H])O[Si](C)(C)C(C)(C)C. The van der Waals surface area contributed by atoms with Gasteiger partial charge in [-0.2, -0.15) is 11.1 Å². The van der Waals surface area contributed by atoms with E-state index in [1.165, 1.54) is 38.5 Å². The van der Waals surface area contributed by atoms with E-state index in [1.54, 1.807) is 24.3 Å². The zero-order valence-electron chi connectivity index (χ0n) is 36.7. The largest absolute Gasteiger partial charge is 0.465 e. The summed E-state index contributed by atoms with van der Waals surface area (Å²) in [5.74, 6) is -0.957. The van der Waals surface area contributed by atoms with Gasteiger partial charge in [-0.05, 0) is 58.6 Å². The molecule has 0 spiro atoms. The molecule has 0 aliphatic heterocycles. The molecule has 0 fully saturated rings. The Hall–Kier alpha value is -2.06. The molecule has 0 heterocycles. The molecule has 8 nitrogen and oxygen atoms in total. The number of aliphatic hydroxyl groups is 1. The van der Waals surface area contributed by atoms with Crippen LogP contribution in [-0.4, -0.2) is 73.2 Å². The van der Waals surface area contributed by atoms with Crippen LogP contribution in [0.2, 0.25) is 36.3 Å². The van der Waals surface area contributed by atoms with Crippen LogP contribution in [0.5, 0.6) is 0 Å². The molecule has 0 saturated heterocycles. The van der Waals surface area contributed by atoms with E-state index in [1.807, 2.05) is 33.9 Å². The smallest absolute Gasteiger partial charge is 0.337 e. The second kappa shape index (κ2) is 21.7. The van der Waals surface area contributed by atoms with Crippen molar-refractivity contribution in [1.29, 1.82) is 0 Å². The van der Waals surface area contributed by atoms with Crippen molar-refractivity contribution in [3.05, 3.63) is 70.8 Å². The maximum Gasteiger partial charge on any atom is 0.337 e. The van der Waals surface area contributed by atoms with Crippen LogP contribution in [0.1, 0.15) is 91.8 Å². The predicted octanol–water partition coefficient (Wildman–Crippen LogP) is 8.86. The van der Waals surface area contributed by atoms with E-state index in [0.717, 1.165) is 0 Å². The Morgan fingerprint density at radius 1 is 0.717 bits per heavy atom. The predicted molar refractivity (Wildman–Crippen MR) is 195 cm³/mol. The van der Waals surface area contributed by atoms with Crippen LogP contribution >= 0.6 is 11.1 Å². The maximum absolute atomic E-state index is 11.4. The van der Waals surface area contributed by atoms with Crippen LogP contribution in [0.25, 0.3) is 0 Å². The Kier molecular flexibility index (Phi) is 15.4. The summed E-state index contributed by atoms with van der Waals surface area (Å²) in [7, 11) is -1.36. The Morgan fingerprint density at radius 3 is 1.35 bits per heavy atom. The molecule has 1 N–H and O–H groups in total. The van der Waals surface area contributed by atoms with Crippen LogP contribution in [0.3, 0.4) is 0 Å². The number of rotatable bonds is 12. The number of benzene rings is 2. The molecular weight excluding hydrogens is 640 g/mol. The third-order valence-electron chi connectivity index (χ3n) is 7.36. The number of hydrogen-bond acceptors (Lipinski definition) is 8. The molecule has 0 aromatic heterocycles. The normalized spacial score (nSPS) is 15.4. The second-order valence-corrected chi connectivity index (χ2v) is 25.0. The van der Waals surface area contributed by atoms with Crippen molar-refractivity contribution < 1.29 is 49.0 Å². The molecule has 0 aliphatic carbocycles. The lowest BCUT2D eigenvalue weighted by Crippen LogP contribution is -2.41. The average molecular weight is 710 g/mol. The Bertz CT molecular complexity index is 1440. The number of esters is 2. The number of carbonyl (C=O) groups excluding carboxylic acids is 2. The summed E-state index contributed by atoms with van der Waals surface area (Å²) >= 11 is 6.15. The van der Waals surface area contributed by atoms with E-state index >= 15 is 0 Å². The molecule has 0 saturated carbocycles. The summed E-state index contributed by atoms with van der Waals surface area (Å²) in [5.41, 5.74) is 1.84. The van der Waals surface area contributed by atoms with E-state index in [-0.39, 0.29) is 25.7 Å². The van der Waals surface area contributed by atoms with E-state index in [4.69, 9.17) is 41.1 Å². The van der Waals surface area contributed by atoms with Gasteiger partial charge in [-0.25, -0.2) is 9.59 Å². The van der Waals surface area contributed by atoms with Gasteiger partial charge in [-0.3, -0.25) is 0 Å². The summed E-state index contributed by atoms with van der Waals surface area (Å²) in [6.07, 6.45) is 0. The monoisotopic (exact) mass is 708 g/mol. The lowest BCUT2D eigenvalue weighted by Gasteiger charge is -2.36. The quantitative estimate of drug-likeness (QED) is 0.133. The fourth-order valence-electron chi connectivity index (χ4n) is 2.31. The van der Waals surface area contributed by atoms with E-state index < -0.39 is 53.9 Å². The summed E-state index contributed by atoms with van der Waals surface area (Å²) in [6.45, 7) is 8.96. The fourth-order valence-corrected chi connectivity index (χ4v) is 2.91. The topological polar surface area (TPSA) is 101 Å². The van der Waals surface area contributed by atoms with Gasteiger partial charge in [-0.15, -0.1) is 0 Å². The first-order valence-corrected chi connectivity index (χ1v) is 21.2. The molecule has 264 valence electrons. The van der Waals surface area contributed by atoms with Gasteiger partial charge in [-0.1, -0.05) is 86.3 Å². The van der Waals surface area contributed by atoms with Gasteiger partial charge >= 0.3 is 11.9 Å². The van der Waals surface area contributed by atoms with Crippen molar-refractivity contribution in [2.75, 3.05) is 40.5 Å². The molecule has 0 bridgehead atoms. The van der Waals surface area contributed by atoms with E-state index in [9.17, 15) is 9.59 Å². The molecule has 2 rings (SSSR count). The van der Waals surface area contributed by atoms with Crippen LogP contribution < -0.4 is 0 Å². The molecule has 0 amide bonds. The number of carbonyl (C=O) groups is 2. The molecule has 0 atom stereocenters. The lowest BCUT2D eigenvalue weighted by atomic mass is 10.1. The van der Waals surface area contributed by atoms with Crippen molar-refractivity contribution in [2.45, 2.75) is 98.4 Å². The molecular formula is C35H61ClO8Si2. The molecule has 46 heavy (non-hydrogen) atoms. The minimum Gasteiger partial charge on any atom is -0.465 e.